The highest BCUT2D eigenvalue weighted by molar-refractivity contribution is 5.93. The Morgan fingerprint density at radius 1 is 1.26 bits per heavy atom. The van der Waals surface area contributed by atoms with Gasteiger partial charge in [0.1, 0.15) is 11.9 Å². The summed E-state index contributed by atoms with van der Waals surface area (Å²) >= 11 is 0. The lowest BCUT2D eigenvalue weighted by molar-refractivity contribution is -0.143. The van der Waals surface area contributed by atoms with Gasteiger partial charge in [-0.15, -0.1) is 5.10 Å². The van der Waals surface area contributed by atoms with Crippen molar-refractivity contribution in [2.75, 3.05) is 6.54 Å². The molecule has 2 N–H and O–H groups in total. The van der Waals surface area contributed by atoms with Crippen LogP contribution in [-0.2, 0) is 4.79 Å². The highest BCUT2D eigenvalue weighted by atomic mass is 16.4. The second kappa shape index (κ2) is 4.64. The van der Waals surface area contributed by atoms with Crippen LogP contribution in [0, 0.1) is 0 Å². The zero-order chi connectivity index (χ0) is 13.4. The lowest BCUT2D eigenvalue weighted by Crippen LogP contribution is -2.48. The third-order valence-electron chi connectivity index (χ3n) is 3.71. The van der Waals surface area contributed by atoms with Gasteiger partial charge in [-0.2, -0.15) is 0 Å². The molecule has 7 nitrogen and oxygen atoms in total. The molecule has 0 aromatic carbocycles. The first-order valence-corrected chi connectivity index (χ1v) is 6.63. The quantitative estimate of drug-likeness (QED) is 0.839. The molecule has 1 aromatic rings. The fraction of sp³-hybridized carbons (Fsp3) is 0.667. The van der Waals surface area contributed by atoms with Gasteiger partial charge in [-0.25, -0.2) is 9.78 Å². The molecule has 1 aliphatic carbocycles. The monoisotopic (exact) mass is 264 g/mol. The van der Waals surface area contributed by atoms with Crippen molar-refractivity contribution in [3.8, 4) is 0 Å². The Bertz CT molecular complexity index is 509. The van der Waals surface area contributed by atoms with Gasteiger partial charge in [-0.3, -0.25) is 9.89 Å². The number of nitrogens with zero attached hydrogens (tertiary/aromatic N) is 3. The average Bonchev–Trinajstić information content (AvgIpc) is 3.16. The normalized spacial score (nSPS) is 23.4. The van der Waals surface area contributed by atoms with Gasteiger partial charge < -0.3 is 10.0 Å². The first-order chi connectivity index (χ1) is 9.16. The van der Waals surface area contributed by atoms with E-state index in [0.717, 1.165) is 31.5 Å². The van der Waals surface area contributed by atoms with Gasteiger partial charge in [0.15, 0.2) is 0 Å². The molecule has 2 heterocycles. The number of carboxylic acids is 1. The predicted octanol–water partition coefficient (Wildman–Crippen LogP) is 0.761. The molecule has 1 amide bonds. The van der Waals surface area contributed by atoms with E-state index in [-0.39, 0.29) is 11.7 Å². The van der Waals surface area contributed by atoms with Gasteiger partial charge in [0, 0.05) is 12.5 Å². The third kappa shape index (κ3) is 2.32. The Morgan fingerprint density at radius 3 is 2.74 bits per heavy atom. The van der Waals surface area contributed by atoms with Crippen molar-refractivity contribution in [3.63, 3.8) is 0 Å². The zero-order valence-electron chi connectivity index (χ0n) is 10.5. The van der Waals surface area contributed by atoms with Crippen LogP contribution in [0.25, 0.3) is 0 Å². The molecule has 1 aromatic heterocycles. The summed E-state index contributed by atoms with van der Waals surface area (Å²) in [4.78, 5) is 29.0. The number of carboxylic acid groups (broad SMARTS) is 1. The number of carbonyl (C=O) groups excluding carboxylic acids is 1. The molecule has 19 heavy (non-hydrogen) atoms. The fourth-order valence-corrected chi connectivity index (χ4v) is 2.47. The minimum Gasteiger partial charge on any atom is -0.480 e. The molecule has 0 spiro atoms. The summed E-state index contributed by atoms with van der Waals surface area (Å²) in [5, 5.41) is 15.9. The summed E-state index contributed by atoms with van der Waals surface area (Å²) in [6.07, 6.45) is 4.31. The van der Waals surface area contributed by atoms with Gasteiger partial charge in [0.2, 0.25) is 5.82 Å². The number of aliphatic carboxylic acids is 1. The van der Waals surface area contributed by atoms with E-state index in [9.17, 15) is 9.59 Å². The van der Waals surface area contributed by atoms with Crippen LogP contribution in [0.2, 0.25) is 0 Å². The highest BCUT2D eigenvalue weighted by Gasteiger charge is 2.35. The van der Waals surface area contributed by atoms with Gasteiger partial charge in [0.25, 0.3) is 5.91 Å². The predicted molar refractivity (Wildman–Crippen MR) is 64.7 cm³/mol. The van der Waals surface area contributed by atoms with Crippen molar-refractivity contribution < 1.29 is 14.7 Å². The summed E-state index contributed by atoms with van der Waals surface area (Å²) in [5.74, 6) is -0.103. The maximum atomic E-state index is 12.3. The molecule has 102 valence electrons. The standard InChI is InChI=1S/C12H16N4O3/c17-11(10-13-9(14-15-10)7-4-5-7)16-6-2-1-3-8(16)12(18)19/h7-8H,1-6H2,(H,18,19)(H,13,14,15). The van der Waals surface area contributed by atoms with Crippen LogP contribution in [0.3, 0.4) is 0 Å². The molecule has 1 saturated heterocycles. The molecular formula is C12H16N4O3. The largest absolute Gasteiger partial charge is 0.480 e. The third-order valence-corrected chi connectivity index (χ3v) is 3.71. The molecule has 1 aliphatic heterocycles. The van der Waals surface area contributed by atoms with Gasteiger partial charge in [-0.05, 0) is 32.1 Å². The number of aromatic nitrogens is 3. The first-order valence-electron chi connectivity index (χ1n) is 6.63. The molecule has 0 radical (unpaired) electrons. The number of hydrogen-bond acceptors (Lipinski definition) is 4. The molecule has 3 rings (SSSR count). The van der Waals surface area contributed by atoms with Crippen molar-refractivity contribution in [3.05, 3.63) is 11.6 Å². The molecule has 2 aliphatic rings. The number of likely N-dealkylation sites (tertiary alicyclic amines) is 1. The maximum absolute atomic E-state index is 12.3. The Labute approximate surface area is 110 Å². The second-order valence-corrected chi connectivity index (χ2v) is 5.17. The Hall–Kier alpha value is -1.92. The number of hydrogen-bond donors (Lipinski definition) is 2. The van der Waals surface area contributed by atoms with Crippen LogP contribution in [-0.4, -0.2) is 49.7 Å². The molecule has 1 unspecified atom stereocenters. The lowest BCUT2D eigenvalue weighted by Gasteiger charge is -2.31. The minimum absolute atomic E-state index is 0.0926. The minimum atomic E-state index is -0.953. The number of rotatable bonds is 3. The van der Waals surface area contributed by atoms with E-state index < -0.39 is 12.0 Å². The molecular weight excluding hydrogens is 248 g/mol. The lowest BCUT2D eigenvalue weighted by atomic mass is 10.0. The SMILES string of the molecule is O=C(O)C1CCCCN1C(=O)c1n[nH]c(C2CC2)n1. The molecule has 0 bridgehead atoms. The van der Waals surface area contributed by atoms with Crippen molar-refractivity contribution in [1.82, 2.24) is 20.1 Å². The first kappa shape index (κ1) is 12.1. The summed E-state index contributed by atoms with van der Waals surface area (Å²) < 4.78 is 0. The van der Waals surface area contributed by atoms with Gasteiger partial charge >= 0.3 is 5.97 Å². The van der Waals surface area contributed by atoms with Crippen LogP contribution < -0.4 is 0 Å². The number of piperidine rings is 1. The number of carbonyl (C=O) groups is 2. The number of amides is 1. The number of nitrogens with one attached hydrogen (secondary N) is 1. The van der Waals surface area contributed by atoms with E-state index in [2.05, 4.69) is 15.2 Å². The zero-order valence-corrected chi connectivity index (χ0v) is 10.5. The molecule has 1 atom stereocenters. The van der Waals surface area contributed by atoms with Gasteiger partial charge in [-0.1, -0.05) is 0 Å². The van der Waals surface area contributed by atoms with Crippen LogP contribution in [0.1, 0.15) is 54.5 Å². The Balaban J connectivity index is 1.78. The van der Waals surface area contributed by atoms with E-state index >= 15 is 0 Å². The summed E-state index contributed by atoms with van der Waals surface area (Å²) in [6.45, 7) is 0.461. The van der Waals surface area contributed by atoms with Gasteiger partial charge in [0.05, 0.1) is 0 Å². The fourth-order valence-electron chi connectivity index (χ4n) is 2.47. The maximum Gasteiger partial charge on any atom is 0.326 e. The number of aromatic amines is 1. The van der Waals surface area contributed by atoms with E-state index in [1.807, 2.05) is 0 Å². The van der Waals surface area contributed by atoms with Crippen molar-refractivity contribution in [1.29, 1.82) is 0 Å². The average molecular weight is 264 g/mol. The van der Waals surface area contributed by atoms with Crippen molar-refractivity contribution in [2.45, 2.75) is 44.1 Å². The van der Waals surface area contributed by atoms with Crippen LogP contribution in [0.15, 0.2) is 0 Å². The van der Waals surface area contributed by atoms with Crippen LogP contribution in [0.5, 0.6) is 0 Å². The van der Waals surface area contributed by atoms with E-state index in [1.165, 1.54) is 4.90 Å². The molecule has 7 heteroatoms. The van der Waals surface area contributed by atoms with E-state index in [1.54, 1.807) is 0 Å². The van der Waals surface area contributed by atoms with Crippen LogP contribution in [0.4, 0.5) is 0 Å². The van der Waals surface area contributed by atoms with Crippen molar-refractivity contribution >= 4 is 11.9 Å². The van der Waals surface area contributed by atoms with Crippen LogP contribution >= 0.6 is 0 Å². The Kier molecular flexibility index (Phi) is 2.96. The van der Waals surface area contributed by atoms with E-state index in [0.29, 0.717) is 18.9 Å². The Morgan fingerprint density at radius 2 is 2.05 bits per heavy atom. The molecule has 2 fully saturated rings. The van der Waals surface area contributed by atoms with E-state index in [4.69, 9.17) is 5.11 Å². The summed E-state index contributed by atoms with van der Waals surface area (Å²) in [6, 6.07) is -0.746. The topological polar surface area (TPSA) is 99.2 Å². The summed E-state index contributed by atoms with van der Waals surface area (Å²) in [7, 11) is 0. The smallest absolute Gasteiger partial charge is 0.326 e. The molecule has 1 saturated carbocycles. The summed E-state index contributed by atoms with van der Waals surface area (Å²) in [5.41, 5.74) is 0. The number of H-pyrrole nitrogens is 1. The van der Waals surface area contributed by atoms with Crippen molar-refractivity contribution in [2.24, 2.45) is 0 Å². The highest BCUT2D eigenvalue weighted by Crippen LogP contribution is 2.37. The second-order valence-electron chi connectivity index (χ2n) is 5.17.